The van der Waals surface area contributed by atoms with Crippen molar-refractivity contribution in [2.24, 2.45) is 0 Å². The van der Waals surface area contributed by atoms with E-state index in [1.807, 2.05) is 0 Å². The van der Waals surface area contributed by atoms with Crippen molar-refractivity contribution in [3.05, 3.63) is 48.5 Å². The third-order valence-corrected chi connectivity index (χ3v) is 11.5. The van der Waals surface area contributed by atoms with Gasteiger partial charge in [0.15, 0.2) is 57.3 Å². The topological polar surface area (TPSA) is 357 Å². The Hall–Kier alpha value is -9.13. The maximum absolute atomic E-state index is 12.0. The molecule has 0 aliphatic rings. The van der Waals surface area contributed by atoms with Crippen molar-refractivity contribution in [1.29, 1.82) is 0 Å². The van der Waals surface area contributed by atoms with Gasteiger partial charge in [0.05, 0.1) is 27.6 Å². The number of furan rings is 1. The second kappa shape index (κ2) is 13.7. The summed E-state index contributed by atoms with van der Waals surface area (Å²) in [7, 11) is 18.8. The van der Waals surface area contributed by atoms with Crippen molar-refractivity contribution < 1.29 is 91.2 Å². The van der Waals surface area contributed by atoms with Gasteiger partial charge >= 0.3 is 0 Å². The number of rotatable bonds is 4. The van der Waals surface area contributed by atoms with E-state index in [-0.39, 0.29) is 38.2 Å². The van der Waals surface area contributed by atoms with E-state index in [1.54, 1.807) is 0 Å². The Labute approximate surface area is 364 Å². The van der Waals surface area contributed by atoms with Gasteiger partial charge in [-0.05, 0) is 32.5 Å². The molecule has 1 aromatic heterocycles. The van der Waals surface area contributed by atoms with E-state index in [0.717, 1.165) is 0 Å². The molecule has 9 aromatic rings. The van der Waals surface area contributed by atoms with Gasteiger partial charge < -0.3 is 91.2 Å². The molecule has 318 valence electrons. The molecule has 8 aromatic carbocycles. The van der Waals surface area contributed by atoms with Gasteiger partial charge in [0.1, 0.15) is 40.6 Å². The van der Waals surface area contributed by atoms with Crippen LogP contribution < -0.4 is 16.4 Å². The molecule has 18 nitrogen and oxygen atoms in total. The molecule has 17 N–H and O–H groups in total. The van der Waals surface area contributed by atoms with Crippen molar-refractivity contribution in [2.75, 3.05) is 0 Å². The predicted molar refractivity (Wildman–Crippen MR) is 235 cm³/mol. The maximum Gasteiger partial charge on any atom is 0.208 e. The van der Waals surface area contributed by atoms with E-state index in [4.69, 9.17) is 28.0 Å². The molecule has 0 aliphatic carbocycles. The lowest BCUT2D eigenvalue weighted by Crippen LogP contribution is -2.12. The molecule has 0 saturated heterocycles. The molecule has 0 saturated carbocycles. The highest BCUT2D eigenvalue weighted by Gasteiger charge is 2.36. The third-order valence-electron chi connectivity index (χ3n) is 11.5. The zero-order chi connectivity index (χ0) is 47.1. The monoisotopic (exact) mass is 874 g/mol. The fourth-order valence-electron chi connectivity index (χ4n) is 8.44. The van der Waals surface area contributed by atoms with Crippen LogP contribution in [0, 0.1) is 0 Å². The summed E-state index contributed by atoms with van der Waals surface area (Å²) >= 11 is 0. The van der Waals surface area contributed by atoms with Crippen molar-refractivity contribution in [1.82, 2.24) is 0 Å². The Morgan fingerprint density at radius 1 is 0.246 bits per heavy atom. The van der Waals surface area contributed by atoms with Crippen molar-refractivity contribution in [3.63, 3.8) is 0 Å². The highest BCUT2D eigenvalue weighted by Crippen LogP contribution is 2.64. The smallest absolute Gasteiger partial charge is 0.208 e. The molecule has 21 heteroatoms. The Bertz CT molecular complexity index is 3560. The largest absolute Gasteiger partial charge is 0.508 e. The van der Waals surface area contributed by atoms with Crippen LogP contribution in [0.25, 0.3) is 88.0 Å². The average molecular weight is 874 g/mol. The summed E-state index contributed by atoms with van der Waals surface area (Å²) in [5.41, 5.74) is -8.19. The van der Waals surface area contributed by atoms with Crippen LogP contribution in [-0.4, -0.2) is 110 Å². The lowest BCUT2D eigenvalue weighted by Gasteiger charge is -2.23. The Morgan fingerprint density at radius 2 is 0.585 bits per heavy atom. The number of benzene rings is 8. The molecule has 0 spiro atoms. The summed E-state index contributed by atoms with van der Waals surface area (Å²) in [5.74, 6) is -20.8. The zero-order valence-corrected chi connectivity index (χ0v) is 32.4. The fourth-order valence-corrected chi connectivity index (χ4v) is 8.44. The Balaban J connectivity index is 1.43. The van der Waals surface area contributed by atoms with Gasteiger partial charge in [-0.25, -0.2) is 0 Å². The highest BCUT2D eigenvalue weighted by molar-refractivity contribution is 6.49. The molecular formula is C44H25B3O18. The summed E-state index contributed by atoms with van der Waals surface area (Å²) < 4.78 is 5.91. The van der Waals surface area contributed by atoms with Crippen LogP contribution in [0.4, 0.5) is 0 Å². The molecule has 65 heavy (non-hydrogen) atoms. The van der Waals surface area contributed by atoms with E-state index in [2.05, 4.69) is 0 Å². The minimum absolute atomic E-state index is 0.00160. The third kappa shape index (κ3) is 5.13. The molecule has 0 atom stereocenters. The first-order valence-corrected chi connectivity index (χ1v) is 18.5. The molecule has 0 unspecified atom stereocenters. The first-order chi connectivity index (χ1) is 30.7. The van der Waals surface area contributed by atoms with E-state index < -0.39 is 164 Å². The van der Waals surface area contributed by atoms with Gasteiger partial charge in [0.25, 0.3) is 0 Å². The predicted octanol–water partition coefficient (Wildman–Crippen LogP) is 3.94. The average Bonchev–Trinajstić information content (AvgIpc) is 3.70. The fraction of sp³-hybridized carbons (Fsp3) is 0. The Kier molecular flexibility index (Phi) is 8.68. The van der Waals surface area contributed by atoms with Gasteiger partial charge in [-0.1, -0.05) is 54.0 Å². The first-order valence-electron chi connectivity index (χ1n) is 18.5. The molecular weight excluding hydrogens is 849 g/mol. The number of phenolic OH excluding ortho intramolecular Hbond substituents is 17. The van der Waals surface area contributed by atoms with Crippen LogP contribution in [-0.2, 0) is 0 Å². The highest BCUT2D eigenvalue weighted by atomic mass is 16.4. The van der Waals surface area contributed by atoms with Crippen LogP contribution in [0.3, 0.4) is 0 Å². The molecule has 0 amide bonds. The number of phenols is 17. The number of hydrogen-bond acceptors (Lipinski definition) is 18. The second-order valence-electron chi connectivity index (χ2n) is 14.8. The van der Waals surface area contributed by atoms with Gasteiger partial charge in [-0.2, -0.15) is 0 Å². The van der Waals surface area contributed by atoms with Crippen LogP contribution in [0.5, 0.6) is 97.7 Å². The SMILES string of the molecule is [B]c1c(O)c(O)c(O)c(-c2c([B])c(O)c(O)c3c2oc2c(O)c(O)c(-c4c5ccccc5c(-c5c(O)c(O)c(O)c(-c6c(O)c(O)c(O)c(O)c6O)c5O)c5ccccc45)c([B])c23)c1O. The van der Waals surface area contributed by atoms with E-state index in [0.29, 0.717) is 0 Å². The van der Waals surface area contributed by atoms with Gasteiger partial charge in [0, 0.05) is 27.6 Å². The summed E-state index contributed by atoms with van der Waals surface area (Å²) in [6.45, 7) is 0. The Morgan fingerprint density at radius 3 is 1.06 bits per heavy atom. The molecule has 1 heterocycles. The lowest BCUT2D eigenvalue weighted by atomic mass is 9.77. The zero-order valence-electron chi connectivity index (χ0n) is 32.4. The molecule has 0 bridgehead atoms. The maximum atomic E-state index is 12.0. The van der Waals surface area contributed by atoms with E-state index in [1.165, 1.54) is 48.5 Å². The lowest BCUT2D eigenvalue weighted by molar-refractivity contribution is 0.329. The molecule has 9 rings (SSSR count). The van der Waals surface area contributed by atoms with Gasteiger partial charge in [0.2, 0.25) is 34.5 Å². The minimum Gasteiger partial charge on any atom is -0.508 e. The molecule has 0 aliphatic heterocycles. The van der Waals surface area contributed by atoms with E-state index in [9.17, 15) is 86.8 Å². The number of aromatic hydroxyl groups is 17. The van der Waals surface area contributed by atoms with Crippen LogP contribution >= 0.6 is 0 Å². The molecule has 6 radical (unpaired) electrons. The second-order valence-corrected chi connectivity index (χ2v) is 14.8. The van der Waals surface area contributed by atoms with Crippen LogP contribution in [0.15, 0.2) is 52.9 Å². The van der Waals surface area contributed by atoms with Gasteiger partial charge in [-0.3, -0.25) is 0 Å². The number of fused-ring (bicyclic) bond motifs is 5. The molecule has 0 fully saturated rings. The summed E-state index contributed by atoms with van der Waals surface area (Å²) in [6, 6.07) is 11.8. The van der Waals surface area contributed by atoms with Crippen molar-refractivity contribution in [2.45, 2.75) is 0 Å². The normalized spacial score (nSPS) is 11.7. The van der Waals surface area contributed by atoms with E-state index >= 15 is 0 Å². The standard InChI is InChI=1S/C44H25B3O18/c45-23-15(28(50)42(64)44-17(23)22-34(56)35(57)24(46)16(43(22)65-44)19-27(49)25(47)36(58)38(60)30(19)52)13-9-5-1-3-7-11(9)14(12-8-4-2-6-10(12)13)18-26(48)20(31(53)37(59)29(18)51)21-32(54)39(61)41(63)40(62)33(21)55/h1-8,48-64H. The van der Waals surface area contributed by atoms with Crippen LogP contribution in [0.2, 0.25) is 0 Å². The van der Waals surface area contributed by atoms with Crippen LogP contribution in [0.1, 0.15) is 0 Å². The quantitative estimate of drug-likeness (QED) is 0.0515. The minimum atomic E-state index is -1.41. The summed E-state index contributed by atoms with van der Waals surface area (Å²) in [4.78, 5) is 0. The number of hydrogen-bond donors (Lipinski definition) is 17. The van der Waals surface area contributed by atoms with Gasteiger partial charge in [-0.15, -0.1) is 0 Å². The van der Waals surface area contributed by atoms with Crippen molar-refractivity contribution >= 4 is 83.4 Å². The summed E-state index contributed by atoms with van der Waals surface area (Å²) in [5, 5.41) is 186. The first kappa shape index (κ1) is 41.2. The summed E-state index contributed by atoms with van der Waals surface area (Å²) in [6.07, 6.45) is 0. The van der Waals surface area contributed by atoms with Crippen molar-refractivity contribution in [3.8, 4) is 142 Å².